The molecule has 2 aromatic carbocycles. The number of carbonyl (C=O) groups is 3. The summed E-state index contributed by atoms with van der Waals surface area (Å²) in [6.45, 7) is 6.74. The third kappa shape index (κ3) is 7.54. The van der Waals surface area contributed by atoms with Gasteiger partial charge in [0.25, 0.3) is 0 Å². The number of halogens is 2. The Morgan fingerprint density at radius 2 is 1.70 bits per heavy atom. The van der Waals surface area contributed by atoms with E-state index in [2.05, 4.69) is 64.7 Å². The smallest absolute Gasteiger partial charge is 0.322 e. The summed E-state index contributed by atoms with van der Waals surface area (Å²) in [6.07, 6.45) is 3.42. The number of piperidine rings is 2. The summed E-state index contributed by atoms with van der Waals surface area (Å²) in [6, 6.07) is 10.6. The van der Waals surface area contributed by atoms with Crippen LogP contribution in [0.3, 0.4) is 0 Å². The van der Waals surface area contributed by atoms with E-state index in [-0.39, 0.29) is 23.9 Å². The molecule has 0 radical (unpaired) electrons. The van der Waals surface area contributed by atoms with Gasteiger partial charge in [0.15, 0.2) is 0 Å². The lowest BCUT2D eigenvalue weighted by molar-refractivity contribution is -0.138. The maximum atomic E-state index is 14.1. The fourth-order valence-corrected chi connectivity index (χ4v) is 8.50. The zero-order chi connectivity index (χ0) is 32.4. The fraction of sp³-hybridized carbons (Fsp3) is 0.545. The Morgan fingerprint density at radius 3 is 2.41 bits per heavy atom. The highest BCUT2D eigenvalue weighted by atomic mass is 79.9. The lowest BCUT2D eigenvalue weighted by atomic mass is 9.95. The molecule has 0 saturated carbocycles. The molecule has 2 unspecified atom stereocenters. The van der Waals surface area contributed by atoms with Crippen LogP contribution in [0.15, 0.2) is 45.3 Å². The van der Waals surface area contributed by atoms with Gasteiger partial charge in [-0.05, 0) is 100 Å². The van der Waals surface area contributed by atoms with E-state index in [9.17, 15) is 14.4 Å². The number of nitrogen functional groups attached to an aromatic ring is 1. The molecule has 4 heterocycles. The predicted molar refractivity (Wildman–Crippen MR) is 186 cm³/mol. The first kappa shape index (κ1) is 33.2. The number of urea groups is 1. The molecule has 4 aliphatic rings. The number of nitrogens with two attached hydrogens (primary N) is 1. The second-order valence-corrected chi connectivity index (χ2v) is 14.7. The molecular formula is C33H44Br2N8O3. The van der Waals surface area contributed by atoms with E-state index < -0.39 is 12.1 Å². The van der Waals surface area contributed by atoms with Crippen LogP contribution in [0.1, 0.15) is 36.8 Å². The molecule has 2 aromatic rings. The molecule has 11 nitrogen and oxygen atoms in total. The largest absolute Gasteiger partial charge is 0.397 e. The number of fused-ring (bicyclic) bond motifs is 1. The Morgan fingerprint density at radius 1 is 1.00 bits per heavy atom. The molecule has 46 heavy (non-hydrogen) atoms. The fourth-order valence-electron chi connectivity index (χ4n) is 7.22. The summed E-state index contributed by atoms with van der Waals surface area (Å²) in [5.74, 6) is -0.282. The number of anilines is 2. The van der Waals surface area contributed by atoms with E-state index in [1.807, 2.05) is 46.2 Å². The quantitative estimate of drug-likeness (QED) is 0.320. The van der Waals surface area contributed by atoms with Crippen molar-refractivity contribution in [2.24, 2.45) is 0 Å². The Bertz CT molecular complexity index is 1420. The minimum Gasteiger partial charge on any atom is -0.397 e. The van der Waals surface area contributed by atoms with E-state index in [1.165, 1.54) is 0 Å². The van der Waals surface area contributed by atoms with Crippen LogP contribution >= 0.6 is 31.9 Å². The highest BCUT2D eigenvalue weighted by Crippen LogP contribution is 2.31. The summed E-state index contributed by atoms with van der Waals surface area (Å²) >= 11 is 7.06. The molecule has 0 aliphatic carbocycles. The number of carbonyl (C=O) groups excluding carboxylic acids is 3. The van der Waals surface area contributed by atoms with Crippen molar-refractivity contribution in [3.63, 3.8) is 0 Å². The number of para-hydroxylation sites is 1. The van der Waals surface area contributed by atoms with Crippen molar-refractivity contribution in [3.05, 3.63) is 56.5 Å². The first-order chi connectivity index (χ1) is 22.2. The number of nitrogens with zero attached hydrogens (tertiary/aromatic N) is 4. The Hall–Kier alpha value is -2.71. The first-order valence-corrected chi connectivity index (χ1v) is 17.9. The van der Waals surface area contributed by atoms with Gasteiger partial charge in [-0.1, -0.05) is 18.2 Å². The van der Waals surface area contributed by atoms with Crippen molar-refractivity contribution < 1.29 is 14.4 Å². The highest BCUT2D eigenvalue weighted by Gasteiger charge is 2.37. The molecule has 4 amide bonds. The van der Waals surface area contributed by atoms with Gasteiger partial charge in [0.2, 0.25) is 11.8 Å². The lowest BCUT2D eigenvalue weighted by Crippen LogP contribution is -2.60. The molecule has 0 aromatic heterocycles. The maximum absolute atomic E-state index is 14.1. The van der Waals surface area contributed by atoms with Crippen molar-refractivity contribution >= 4 is 61.1 Å². The normalized spacial score (nSPS) is 23.8. The summed E-state index contributed by atoms with van der Waals surface area (Å²) in [4.78, 5) is 49.7. The van der Waals surface area contributed by atoms with Gasteiger partial charge in [-0.2, -0.15) is 0 Å². The SMILES string of the molecule is CN1CCN(C2CCN(C(=O)[C@@H](Cc3cc(Br)c(N)c(Br)c3)NC(=O)C3CC(N4Cc5ccccc5NC4=O)CCN3)CC2)CC1. The summed E-state index contributed by atoms with van der Waals surface area (Å²) in [5.41, 5.74) is 9.51. The predicted octanol–water partition coefficient (Wildman–Crippen LogP) is 3.23. The van der Waals surface area contributed by atoms with Crippen molar-refractivity contribution in [2.45, 2.75) is 62.8 Å². The van der Waals surface area contributed by atoms with Crippen molar-refractivity contribution in [1.29, 1.82) is 0 Å². The van der Waals surface area contributed by atoms with Crippen molar-refractivity contribution in [3.8, 4) is 0 Å². The van der Waals surface area contributed by atoms with Crippen LogP contribution in [0.4, 0.5) is 16.2 Å². The number of likely N-dealkylation sites (tertiary alicyclic amines) is 1. The van der Waals surface area contributed by atoms with Crippen LogP contribution < -0.4 is 21.7 Å². The molecule has 248 valence electrons. The first-order valence-electron chi connectivity index (χ1n) is 16.3. The average Bonchev–Trinajstić information content (AvgIpc) is 3.06. The van der Waals surface area contributed by atoms with Crippen LogP contribution in [0, 0.1) is 0 Å². The Kier molecular flexibility index (Phi) is 10.5. The van der Waals surface area contributed by atoms with E-state index >= 15 is 0 Å². The second kappa shape index (κ2) is 14.6. The van der Waals surface area contributed by atoms with E-state index in [4.69, 9.17) is 5.73 Å². The molecule has 5 N–H and O–H groups in total. The molecule has 3 saturated heterocycles. The molecule has 6 rings (SSSR count). The molecular weight excluding hydrogens is 716 g/mol. The number of hydrogen-bond acceptors (Lipinski definition) is 7. The summed E-state index contributed by atoms with van der Waals surface area (Å²) < 4.78 is 1.47. The van der Waals surface area contributed by atoms with Crippen LogP contribution in [-0.4, -0.2) is 114 Å². The van der Waals surface area contributed by atoms with Gasteiger partial charge >= 0.3 is 6.03 Å². The maximum Gasteiger partial charge on any atom is 0.322 e. The van der Waals surface area contributed by atoms with Crippen molar-refractivity contribution in [1.82, 2.24) is 30.2 Å². The standard InChI is InChI=1S/C33H44Br2N8O3/c1-40-12-14-41(15-13-40)23-7-10-42(11-8-23)32(45)29(18-21-16-25(34)30(36)26(35)17-21)38-31(44)28-19-24(6-9-37-28)43-20-22-4-2-3-5-27(22)39-33(43)46/h2-5,16-17,23-24,28-29,37H,6-15,18-20,36H2,1H3,(H,38,44)(H,39,46)/t24?,28?,29-/m1/s1. The molecule has 0 bridgehead atoms. The van der Waals surface area contributed by atoms with Crippen molar-refractivity contribution in [2.75, 3.05) is 63.9 Å². The van der Waals surface area contributed by atoms with Crippen LogP contribution in [0.25, 0.3) is 0 Å². The number of likely N-dealkylation sites (N-methyl/N-ethyl adjacent to an activating group) is 1. The zero-order valence-corrected chi connectivity index (χ0v) is 29.5. The summed E-state index contributed by atoms with van der Waals surface area (Å²) in [5, 5.41) is 9.47. The minimum absolute atomic E-state index is 0.0615. The number of piperazine rings is 1. The molecule has 3 atom stereocenters. The van der Waals surface area contributed by atoms with Gasteiger partial charge in [-0.25, -0.2) is 4.79 Å². The number of benzene rings is 2. The zero-order valence-electron chi connectivity index (χ0n) is 26.3. The van der Waals surface area contributed by atoms with Crippen LogP contribution in [0.5, 0.6) is 0 Å². The summed E-state index contributed by atoms with van der Waals surface area (Å²) in [7, 11) is 2.16. The van der Waals surface area contributed by atoms with Gasteiger partial charge in [0.05, 0.1) is 11.7 Å². The molecule has 0 spiro atoms. The Labute approximate surface area is 287 Å². The average molecular weight is 761 g/mol. The topological polar surface area (TPSA) is 126 Å². The van der Waals surface area contributed by atoms with Gasteiger partial charge in [0.1, 0.15) is 6.04 Å². The minimum atomic E-state index is -0.734. The highest BCUT2D eigenvalue weighted by molar-refractivity contribution is 9.11. The van der Waals surface area contributed by atoms with E-state index in [0.29, 0.717) is 50.7 Å². The van der Waals surface area contributed by atoms with Gasteiger partial charge in [-0.3, -0.25) is 14.5 Å². The number of hydrogen-bond donors (Lipinski definition) is 4. The van der Waals surface area contributed by atoms with Gasteiger partial charge in [0, 0.05) is 79.0 Å². The van der Waals surface area contributed by atoms with Gasteiger partial charge < -0.3 is 36.4 Å². The molecule has 13 heteroatoms. The van der Waals surface area contributed by atoms with Crippen LogP contribution in [0.2, 0.25) is 0 Å². The third-order valence-electron chi connectivity index (χ3n) is 10.0. The lowest BCUT2D eigenvalue weighted by Gasteiger charge is -2.42. The third-order valence-corrected chi connectivity index (χ3v) is 11.3. The van der Waals surface area contributed by atoms with E-state index in [1.54, 1.807) is 0 Å². The second-order valence-electron chi connectivity index (χ2n) is 13.0. The number of nitrogens with one attached hydrogen (secondary N) is 3. The Balaban J connectivity index is 1.13. The van der Waals surface area contributed by atoms with Crippen LogP contribution in [-0.2, 0) is 22.6 Å². The van der Waals surface area contributed by atoms with E-state index in [0.717, 1.165) is 71.2 Å². The number of amides is 4. The van der Waals surface area contributed by atoms with Gasteiger partial charge in [-0.15, -0.1) is 0 Å². The monoisotopic (exact) mass is 758 g/mol. The number of rotatable bonds is 7. The molecule has 3 fully saturated rings. The molecule has 4 aliphatic heterocycles.